The third-order valence-electron chi connectivity index (χ3n) is 5.27. The van der Waals surface area contributed by atoms with Gasteiger partial charge in [-0.2, -0.15) is 0 Å². The Labute approximate surface area is 161 Å². The molecule has 0 aliphatic carbocycles. The first-order valence-corrected chi connectivity index (χ1v) is 9.41. The third-order valence-corrected chi connectivity index (χ3v) is 5.65. The maximum Gasteiger partial charge on any atom is 0.229 e. The number of hydrogen-bond acceptors (Lipinski definition) is 7. The second kappa shape index (κ2) is 7.43. The molecule has 0 radical (unpaired) electrons. The minimum Gasteiger partial charge on any atom is -0.461 e. The molecule has 1 saturated heterocycles. The Balaban J connectivity index is 1.72. The first-order valence-electron chi connectivity index (χ1n) is 8.87. The summed E-state index contributed by atoms with van der Waals surface area (Å²) in [6.07, 6.45) is -6.62. The van der Waals surface area contributed by atoms with Crippen molar-refractivity contribution in [2.45, 2.75) is 36.6 Å². The Morgan fingerprint density at radius 3 is 2.56 bits per heavy atom. The average Bonchev–Trinajstić information content (AvgIpc) is 3.11. The second-order valence-electron chi connectivity index (χ2n) is 6.93. The molecular formula is C19H22ClNO6. The number of ether oxygens (including phenoxy) is 2. The Bertz CT molecular complexity index is 831. The van der Waals surface area contributed by atoms with Crippen molar-refractivity contribution >= 4 is 28.1 Å². The van der Waals surface area contributed by atoms with Gasteiger partial charge in [-0.05, 0) is 10.9 Å². The van der Waals surface area contributed by atoms with Crippen molar-refractivity contribution in [3.8, 4) is 5.75 Å². The van der Waals surface area contributed by atoms with Crippen LogP contribution in [0, 0.1) is 0 Å². The monoisotopic (exact) mass is 395 g/mol. The highest BCUT2D eigenvalue weighted by Crippen LogP contribution is 2.43. The van der Waals surface area contributed by atoms with Crippen molar-refractivity contribution in [1.82, 2.24) is 0 Å². The van der Waals surface area contributed by atoms with E-state index >= 15 is 0 Å². The van der Waals surface area contributed by atoms with E-state index < -0.39 is 37.3 Å². The van der Waals surface area contributed by atoms with Crippen LogP contribution >= 0.6 is 11.6 Å². The van der Waals surface area contributed by atoms with Crippen molar-refractivity contribution in [3.05, 3.63) is 35.9 Å². The van der Waals surface area contributed by atoms with E-state index in [1.165, 1.54) is 0 Å². The van der Waals surface area contributed by atoms with E-state index in [1.54, 1.807) is 0 Å². The molecule has 0 saturated carbocycles. The molecule has 0 bridgehead atoms. The van der Waals surface area contributed by atoms with Gasteiger partial charge in [0.05, 0.1) is 6.61 Å². The summed E-state index contributed by atoms with van der Waals surface area (Å²) >= 11 is 6.11. The van der Waals surface area contributed by atoms with Crippen LogP contribution < -0.4 is 10.1 Å². The Morgan fingerprint density at radius 2 is 1.85 bits per heavy atom. The molecule has 2 aliphatic rings. The summed E-state index contributed by atoms with van der Waals surface area (Å²) in [6.45, 7) is 0.223. The predicted octanol–water partition coefficient (Wildman–Crippen LogP) is 0.766. The largest absolute Gasteiger partial charge is 0.461 e. The number of hydrogen-bond donors (Lipinski definition) is 5. The molecule has 2 heterocycles. The number of alkyl halides is 1. The minimum absolute atomic E-state index is 0.188. The number of anilines is 1. The van der Waals surface area contributed by atoms with Gasteiger partial charge < -0.3 is 35.2 Å². The van der Waals surface area contributed by atoms with Crippen LogP contribution in [0.25, 0.3) is 10.8 Å². The molecule has 5 N–H and O–H groups in total. The van der Waals surface area contributed by atoms with Crippen LogP contribution in [0.5, 0.6) is 5.75 Å². The summed E-state index contributed by atoms with van der Waals surface area (Å²) in [5, 5.41) is 44.6. The van der Waals surface area contributed by atoms with Crippen LogP contribution in [0.2, 0.25) is 0 Å². The Hall–Kier alpha value is -1.61. The number of benzene rings is 2. The minimum atomic E-state index is -1.49. The highest BCUT2D eigenvalue weighted by atomic mass is 35.5. The van der Waals surface area contributed by atoms with Gasteiger partial charge in [-0.1, -0.05) is 24.3 Å². The fourth-order valence-electron chi connectivity index (χ4n) is 3.80. The molecule has 27 heavy (non-hydrogen) atoms. The summed E-state index contributed by atoms with van der Waals surface area (Å²) in [4.78, 5) is 0. The lowest BCUT2D eigenvalue weighted by molar-refractivity contribution is -0.277. The van der Waals surface area contributed by atoms with Gasteiger partial charge in [0.1, 0.15) is 30.2 Å². The lowest BCUT2D eigenvalue weighted by Gasteiger charge is -2.39. The van der Waals surface area contributed by atoms with Gasteiger partial charge in [0.15, 0.2) is 0 Å². The standard InChI is InChI=1S/C19H22ClNO6/c20-6-9-7-21-12-5-13(10-3-1-2-4-11(10)15(9)12)26-19-18(25)17(24)16(23)14(8-22)27-19/h1-5,9,14,16-19,21-25H,6-8H2/t9-,14?,16?,17?,18?,19?/m1/s1. The van der Waals surface area contributed by atoms with E-state index in [-0.39, 0.29) is 5.92 Å². The number of aliphatic hydroxyl groups is 4. The maximum atomic E-state index is 10.3. The van der Waals surface area contributed by atoms with E-state index in [4.69, 9.17) is 21.1 Å². The highest BCUT2D eigenvalue weighted by Gasteiger charge is 2.45. The molecule has 0 spiro atoms. The molecule has 0 amide bonds. The normalized spacial score (nSPS) is 32.9. The summed E-state index contributed by atoms with van der Waals surface area (Å²) in [7, 11) is 0. The zero-order valence-electron chi connectivity index (χ0n) is 14.5. The van der Waals surface area contributed by atoms with Gasteiger partial charge in [-0.15, -0.1) is 11.6 Å². The van der Waals surface area contributed by atoms with Crippen molar-refractivity contribution in [1.29, 1.82) is 0 Å². The zero-order valence-corrected chi connectivity index (χ0v) is 15.2. The van der Waals surface area contributed by atoms with Crippen LogP contribution in [-0.2, 0) is 4.74 Å². The van der Waals surface area contributed by atoms with E-state index in [9.17, 15) is 20.4 Å². The lowest BCUT2D eigenvalue weighted by Crippen LogP contribution is -2.60. The van der Waals surface area contributed by atoms with Gasteiger partial charge in [-0.3, -0.25) is 0 Å². The average molecular weight is 396 g/mol. The lowest BCUT2D eigenvalue weighted by atomic mass is 9.95. The van der Waals surface area contributed by atoms with Gasteiger partial charge >= 0.3 is 0 Å². The number of aliphatic hydroxyl groups excluding tert-OH is 4. The topological polar surface area (TPSA) is 111 Å². The molecule has 4 rings (SSSR count). The zero-order chi connectivity index (χ0) is 19.1. The molecule has 8 heteroatoms. The predicted molar refractivity (Wildman–Crippen MR) is 100 cm³/mol. The molecule has 5 unspecified atom stereocenters. The fraction of sp³-hybridized carbons (Fsp3) is 0.474. The van der Waals surface area contributed by atoms with Gasteiger partial charge in [0.25, 0.3) is 0 Å². The molecule has 6 atom stereocenters. The quantitative estimate of drug-likeness (QED) is 0.486. The summed E-state index contributed by atoms with van der Waals surface area (Å²) in [5.74, 6) is 1.15. The van der Waals surface area contributed by atoms with Crippen LogP contribution in [0.1, 0.15) is 11.5 Å². The Morgan fingerprint density at radius 1 is 1.11 bits per heavy atom. The van der Waals surface area contributed by atoms with Gasteiger partial charge in [0, 0.05) is 35.5 Å². The number of halogens is 1. The van der Waals surface area contributed by atoms with Crippen LogP contribution in [0.4, 0.5) is 5.69 Å². The molecule has 2 aromatic carbocycles. The van der Waals surface area contributed by atoms with Crippen molar-refractivity contribution in [3.63, 3.8) is 0 Å². The summed E-state index contributed by atoms with van der Waals surface area (Å²) in [5.41, 5.74) is 2.03. The van der Waals surface area contributed by atoms with Crippen LogP contribution in [0.15, 0.2) is 30.3 Å². The summed E-state index contributed by atoms with van der Waals surface area (Å²) in [6, 6.07) is 9.53. The van der Waals surface area contributed by atoms with Crippen LogP contribution in [0.3, 0.4) is 0 Å². The van der Waals surface area contributed by atoms with Crippen molar-refractivity contribution in [2.24, 2.45) is 0 Å². The Kier molecular flexibility index (Phi) is 5.15. The van der Waals surface area contributed by atoms with Crippen molar-refractivity contribution < 1.29 is 29.9 Å². The van der Waals surface area contributed by atoms with E-state index in [0.29, 0.717) is 11.6 Å². The molecule has 1 fully saturated rings. The molecule has 2 aliphatic heterocycles. The molecule has 146 valence electrons. The van der Waals surface area contributed by atoms with E-state index in [1.807, 2.05) is 30.3 Å². The number of nitrogens with one attached hydrogen (secondary N) is 1. The summed E-state index contributed by atoms with van der Waals surface area (Å²) < 4.78 is 11.4. The SMILES string of the molecule is OCC1OC(Oc2cc3c(c4ccccc24)[C@H](CCl)CN3)C(O)C(O)C1O. The second-order valence-corrected chi connectivity index (χ2v) is 7.24. The van der Waals surface area contributed by atoms with E-state index in [2.05, 4.69) is 5.32 Å². The maximum absolute atomic E-state index is 10.3. The van der Waals surface area contributed by atoms with Gasteiger partial charge in [-0.25, -0.2) is 0 Å². The van der Waals surface area contributed by atoms with Crippen molar-refractivity contribution in [2.75, 3.05) is 24.3 Å². The van der Waals surface area contributed by atoms with E-state index in [0.717, 1.165) is 28.6 Å². The third kappa shape index (κ3) is 3.14. The fourth-order valence-corrected chi connectivity index (χ4v) is 4.07. The van der Waals surface area contributed by atoms with Gasteiger partial charge in [0.2, 0.25) is 6.29 Å². The number of rotatable bonds is 4. The first kappa shape index (κ1) is 18.7. The number of fused-ring (bicyclic) bond motifs is 3. The first-order chi connectivity index (χ1) is 13.0. The smallest absolute Gasteiger partial charge is 0.229 e. The molecular weight excluding hydrogens is 374 g/mol. The highest BCUT2D eigenvalue weighted by molar-refractivity contribution is 6.18. The molecule has 7 nitrogen and oxygen atoms in total. The van der Waals surface area contributed by atoms with Crippen LogP contribution in [-0.4, -0.2) is 70.2 Å². The molecule has 0 aromatic heterocycles. The molecule has 2 aromatic rings.